The highest BCUT2D eigenvalue weighted by Gasteiger charge is 2.25. The Labute approximate surface area is 307 Å². The molecule has 54 heavy (non-hydrogen) atoms. The van der Waals surface area contributed by atoms with E-state index in [1.54, 1.807) is 0 Å². The van der Waals surface area contributed by atoms with Crippen LogP contribution in [0, 0.1) is 0 Å². The highest BCUT2D eigenvalue weighted by atomic mass is 16.3. The highest BCUT2D eigenvalue weighted by molar-refractivity contribution is 6.32. The lowest BCUT2D eigenvalue weighted by molar-refractivity contribution is 0.623. The van der Waals surface area contributed by atoms with Gasteiger partial charge in [0, 0.05) is 38.2 Å². The first-order chi connectivity index (χ1) is 26.7. The summed E-state index contributed by atoms with van der Waals surface area (Å²) in [5, 5.41) is 11.1. The topological polar surface area (TPSA) is 77.8 Å². The van der Waals surface area contributed by atoms with Gasteiger partial charge in [0.05, 0.1) is 5.56 Å². The Morgan fingerprint density at radius 2 is 1.00 bits per heavy atom. The quantitative estimate of drug-likeness (QED) is 0.171. The Balaban J connectivity index is 1.08. The molecule has 12 aromatic rings. The van der Waals surface area contributed by atoms with Crippen LogP contribution in [0.1, 0.15) is 0 Å². The Morgan fingerprint density at radius 1 is 0.352 bits per heavy atom. The molecular weight excluding hydrogens is 665 g/mol. The van der Waals surface area contributed by atoms with E-state index in [1.165, 1.54) is 26.9 Å². The molecule has 6 nitrogen and oxygen atoms in total. The summed E-state index contributed by atoms with van der Waals surface area (Å²) in [6.07, 6.45) is 0. The van der Waals surface area contributed by atoms with Crippen LogP contribution in [-0.4, -0.2) is 19.9 Å². The van der Waals surface area contributed by atoms with E-state index in [0.29, 0.717) is 28.9 Å². The maximum absolute atomic E-state index is 6.71. The molecule has 0 unspecified atom stereocenters. The molecule has 0 saturated heterocycles. The van der Waals surface area contributed by atoms with Gasteiger partial charge in [-0.3, -0.25) is 0 Å². The van der Waals surface area contributed by atoms with Gasteiger partial charge in [-0.15, -0.1) is 0 Å². The number of hydrogen-bond donors (Lipinski definition) is 0. The van der Waals surface area contributed by atoms with Gasteiger partial charge in [-0.2, -0.15) is 0 Å². The monoisotopic (exact) mass is 690 g/mol. The van der Waals surface area contributed by atoms with E-state index in [4.69, 9.17) is 28.8 Å². The van der Waals surface area contributed by atoms with Gasteiger partial charge in [0.25, 0.3) is 0 Å². The maximum Gasteiger partial charge on any atom is 0.227 e. The Morgan fingerprint density at radius 3 is 1.83 bits per heavy atom. The Hall–Kier alpha value is -7.44. The van der Waals surface area contributed by atoms with Gasteiger partial charge in [0.2, 0.25) is 5.89 Å². The van der Waals surface area contributed by atoms with Crippen molar-refractivity contribution in [3.8, 4) is 45.6 Å². The average molecular weight is 691 g/mol. The lowest BCUT2D eigenvalue weighted by atomic mass is 9.96. The van der Waals surface area contributed by atoms with Gasteiger partial charge in [-0.1, -0.05) is 121 Å². The molecule has 0 fully saturated rings. The minimum Gasteiger partial charge on any atom is -0.455 e. The van der Waals surface area contributed by atoms with Gasteiger partial charge in [0.15, 0.2) is 23.1 Å². The number of benzene rings is 9. The molecule has 12 rings (SSSR count). The fourth-order valence-corrected chi connectivity index (χ4v) is 8.18. The molecule has 9 aromatic carbocycles. The van der Waals surface area contributed by atoms with Gasteiger partial charge < -0.3 is 8.83 Å². The molecule has 250 valence electrons. The van der Waals surface area contributed by atoms with Crippen LogP contribution in [0.15, 0.2) is 167 Å². The summed E-state index contributed by atoms with van der Waals surface area (Å²) in [5.41, 5.74) is 6.54. The second kappa shape index (κ2) is 11.0. The van der Waals surface area contributed by atoms with Crippen LogP contribution in [-0.2, 0) is 0 Å². The zero-order chi connectivity index (χ0) is 35.3. The lowest BCUT2D eigenvalue weighted by Crippen LogP contribution is -2.00. The first kappa shape index (κ1) is 29.2. The van der Waals surface area contributed by atoms with Gasteiger partial charge in [-0.25, -0.2) is 19.9 Å². The first-order valence-corrected chi connectivity index (χ1v) is 18.0. The van der Waals surface area contributed by atoms with E-state index in [0.717, 1.165) is 65.9 Å². The Bertz CT molecular complexity index is 3440. The average Bonchev–Trinajstić information content (AvgIpc) is 3.87. The SMILES string of the molecule is c1ccc(-c2nc(-c3ccc4c(ccc5c6ccccc6ccc45)c3)nc(-c3ccc4c5oc(-c6ccccc6)nc5c5cccc6oc3c4c65)n2)cc1. The van der Waals surface area contributed by atoms with Crippen molar-refractivity contribution in [2.75, 3.05) is 0 Å². The minimum atomic E-state index is 0.532. The molecule has 0 spiro atoms. The van der Waals surface area contributed by atoms with E-state index in [2.05, 4.69) is 78.9 Å². The third-order valence-corrected chi connectivity index (χ3v) is 10.7. The zero-order valence-electron chi connectivity index (χ0n) is 28.6. The fraction of sp³-hybridized carbons (Fsp3) is 0. The molecule has 6 heteroatoms. The molecule has 0 saturated carbocycles. The van der Waals surface area contributed by atoms with E-state index in [1.807, 2.05) is 78.9 Å². The number of aromatic nitrogens is 4. The van der Waals surface area contributed by atoms with E-state index < -0.39 is 0 Å². The molecule has 0 N–H and O–H groups in total. The lowest BCUT2D eigenvalue weighted by Gasteiger charge is -2.11. The summed E-state index contributed by atoms with van der Waals surface area (Å²) in [5.74, 6) is 2.30. The van der Waals surface area contributed by atoms with E-state index in [-0.39, 0.29) is 0 Å². The normalized spacial score (nSPS) is 12.1. The smallest absolute Gasteiger partial charge is 0.227 e. The fourth-order valence-electron chi connectivity index (χ4n) is 8.18. The predicted molar refractivity (Wildman–Crippen MR) is 218 cm³/mol. The molecule has 0 aliphatic carbocycles. The van der Waals surface area contributed by atoms with Crippen LogP contribution < -0.4 is 0 Å². The van der Waals surface area contributed by atoms with E-state index >= 15 is 0 Å². The summed E-state index contributed by atoms with van der Waals surface area (Å²) in [4.78, 5) is 20.3. The van der Waals surface area contributed by atoms with Crippen LogP contribution in [0.5, 0.6) is 0 Å². The second-order valence-electron chi connectivity index (χ2n) is 13.8. The molecule has 3 aromatic heterocycles. The number of nitrogens with zero attached hydrogens (tertiary/aromatic N) is 4. The third kappa shape index (κ3) is 4.22. The van der Waals surface area contributed by atoms with Gasteiger partial charge >= 0.3 is 0 Å². The molecule has 0 atom stereocenters. The summed E-state index contributed by atoms with van der Waals surface area (Å²) < 4.78 is 13.2. The summed E-state index contributed by atoms with van der Waals surface area (Å²) in [7, 11) is 0. The molecule has 0 aliphatic rings. The number of hydrogen-bond acceptors (Lipinski definition) is 6. The number of oxazole rings is 1. The van der Waals surface area contributed by atoms with Crippen molar-refractivity contribution in [2.24, 2.45) is 0 Å². The summed E-state index contributed by atoms with van der Waals surface area (Å²) in [6.45, 7) is 0. The largest absolute Gasteiger partial charge is 0.455 e. The number of rotatable bonds is 4. The van der Waals surface area contributed by atoms with Crippen molar-refractivity contribution < 1.29 is 8.83 Å². The van der Waals surface area contributed by atoms with Crippen molar-refractivity contribution in [2.45, 2.75) is 0 Å². The third-order valence-electron chi connectivity index (χ3n) is 10.7. The van der Waals surface area contributed by atoms with Crippen molar-refractivity contribution >= 4 is 76.1 Å². The molecule has 0 aliphatic heterocycles. The highest BCUT2D eigenvalue weighted by Crippen LogP contribution is 2.46. The molecule has 0 radical (unpaired) electrons. The molecule has 3 heterocycles. The number of furan rings is 1. The maximum atomic E-state index is 6.71. The molecule has 0 bridgehead atoms. The summed E-state index contributed by atoms with van der Waals surface area (Å²) >= 11 is 0. The predicted octanol–water partition coefficient (Wildman–Crippen LogP) is 12.6. The van der Waals surface area contributed by atoms with Crippen molar-refractivity contribution in [3.05, 3.63) is 158 Å². The van der Waals surface area contributed by atoms with Crippen LogP contribution in [0.25, 0.3) is 122 Å². The standard InChI is InChI=1S/C48H26N4O2/c1-3-11-28(12-4-1)45-50-46(31-20-21-33-30(26-31)19-23-34-32-15-8-7-10-27(32)18-22-35(33)34)52-47(51-45)38-25-24-37-41-40-36(16-9-17-39(40)53-43(38)41)42-44(37)54-48(49-42)29-13-5-2-6-14-29/h1-26H. The molecular formula is C48H26N4O2. The first-order valence-electron chi connectivity index (χ1n) is 18.0. The van der Waals surface area contributed by atoms with Crippen molar-refractivity contribution in [1.29, 1.82) is 0 Å². The molecule has 0 amide bonds. The van der Waals surface area contributed by atoms with Crippen LogP contribution in [0.2, 0.25) is 0 Å². The zero-order valence-corrected chi connectivity index (χ0v) is 28.6. The van der Waals surface area contributed by atoms with Crippen LogP contribution >= 0.6 is 0 Å². The minimum absolute atomic E-state index is 0.532. The van der Waals surface area contributed by atoms with Crippen LogP contribution in [0.4, 0.5) is 0 Å². The van der Waals surface area contributed by atoms with E-state index in [9.17, 15) is 0 Å². The van der Waals surface area contributed by atoms with Gasteiger partial charge in [-0.05, 0) is 68.7 Å². The van der Waals surface area contributed by atoms with Gasteiger partial charge in [0.1, 0.15) is 16.7 Å². The van der Waals surface area contributed by atoms with Crippen molar-refractivity contribution in [1.82, 2.24) is 19.9 Å². The number of fused-ring (bicyclic) bond motifs is 8. The second-order valence-corrected chi connectivity index (χ2v) is 13.8. The van der Waals surface area contributed by atoms with Crippen molar-refractivity contribution in [3.63, 3.8) is 0 Å². The van der Waals surface area contributed by atoms with Crippen LogP contribution in [0.3, 0.4) is 0 Å². The Kier molecular flexibility index (Phi) is 5.96. The summed E-state index contributed by atoms with van der Waals surface area (Å²) in [6, 6.07) is 54.1.